The van der Waals surface area contributed by atoms with E-state index in [1.54, 1.807) is 0 Å². The minimum atomic E-state index is 1.15. The second-order valence-electron chi connectivity index (χ2n) is 11.6. The molecule has 0 heterocycles. The van der Waals surface area contributed by atoms with Crippen LogP contribution in [0, 0.1) is 13.8 Å². The molecular formula is C42H31N. The predicted octanol–water partition coefficient (Wildman–Crippen LogP) is 12.1. The van der Waals surface area contributed by atoms with Crippen LogP contribution in [0.25, 0.3) is 54.2 Å². The highest BCUT2D eigenvalue weighted by Crippen LogP contribution is 2.46. The van der Waals surface area contributed by atoms with Gasteiger partial charge in [-0.3, -0.25) is 0 Å². The lowest BCUT2D eigenvalue weighted by molar-refractivity contribution is 1.27. The van der Waals surface area contributed by atoms with Crippen LogP contribution in [0.2, 0.25) is 0 Å². The summed E-state index contributed by atoms with van der Waals surface area (Å²) in [5, 5.41) is 10.1. The zero-order valence-electron chi connectivity index (χ0n) is 24.4. The summed E-state index contributed by atoms with van der Waals surface area (Å²) in [5.41, 5.74) is 8.53. The third kappa shape index (κ3) is 4.24. The fourth-order valence-electron chi connectivity index (χ4n) is 6.91. The minimum absolute atomic E-state index is 1.15. The van der Waals surface area contributed by atoms with E-state index in [1.807, 2.05) is 0 Å². The monoisotopic (exact) mass is 549 g/mol. The van der Waals surface area contributed by atoms with Crippen molar-refractivity contribution in [1.82, 2.24) is 0 Å². The Morgan fingerprint density at radius 3 is 1.70 bits per heavy atom. The third-order valence-corrected chi connectivity index (χ3v) is 8.64. The van der Waals surface area contributed by atoms with E-state index >= 15 is 0 Å². The molecule has 0 unspecified atom stereocenters. The van der Waals surface area contributed by atoms with Crippen molar-refractivity contribution in [3.05, 3.63) is 163 Å². The van der Waals surface area contributed by atoms with E-state index in [0.29, 0.717) is 0 Å². The molecule has 0 fully saturated rings. The smallest absolute Gasteiger partial charge is 0.0546 e. The largest absolute Gasteiger partial charge is 0.310 e. The van der Waals surface area contributed by atoms with E-state index in [0.717, 1.165) is 5.69 Å². The highest BCUT2D eigenvalue weighted by atomic mass is 15.1. The maximum atomic E-state index is 2.43. The first-order valence-corrected chi connectivity index (χ1v) is 14.9. The van der Waals surface area contributed by atoms with Gasteiger partial charge in [0.25, 0.3) is 0 Å². The summed E-state index contributed by atoms with van der Waals surface area (Å²) in [6.45, 7) is 4.36. The van der Waals surface area contributed by atoms with Crippen molar-refractivity contribution >= 4 is 60.2 Å². The number of aryl methyl sites for hydroxylation is 2. The first-order chi connectivity index (χ1) is 21.2. The van der Waals surface area contributed by atoms with Gasteiger partial charge in [0.05, 0.1) is 5.69 Å². The van der Waals surface area contributed by atoms with Gasteiger partial charge in [-0.25, -0.2) is 0 Å². The quantitative estimate of drug-likeness (QED) is 0.197. The number of hydrogen-bond donors (Lipinski definition) is 0. The number of rotatable bonds is 4. The number of anilines is 3. The predicted molar refractivity (Wildman–Crippen MR) is 186 cm³/mol. The van der Waals surface area contributed by atoms with Gasteiger partial charge in [0.1, 0.15) is 0 Å². The molecule has 0 saturated heterocycles. The number of fused-ring (bicyclic) bond motifs is 6. The lowest BCUT2D eigenvalue weighted by atomic mass is 9.88. The van der Waals surface area contributed by atoms with Gasteiger partial charge in [0.2, 0.25) is 0 Å². The third-order valence-electron chi connectivity index (χ3n) is 8.64. The number of hydrogen-bond acceptors (Lipinski definition) is 1. The van der Waals surface area contributed by atoms with Gasteiger partial charge in [-0.15, -0.1) is 0 Å². The summed E-state index contributed by atoms with van der Waals surface area (Å²) >= 11 is 0. The zero-order valence-corrected chi connectivity index (χ0v) is 24.4. The highest BCUT2D eigenvalue weighted by molar-refractivity contribution is 6.26. The molecule has 8 aromatic rings. The molecule has 0 aliphatic rings. The Kier molecular flexibility index (Phi) is 5.98. The van der Waals surface area contributed by atoms with E-state index in [1.165, 1.54) is 76.7 Å². The molecule has 0 N–H and O–H groups in total. The molecule has 1 heteroatoms. The molecule has 1 nitrogen and oxygen atoms in total. The normalized spacial score (nSPS) is 11.5. The minimum Gasteiger partial charge on any atom is -0.310 e. The van der Waals surface area contributed by atoms with Crippen molar-refractivity contribution in [2.75, 3.05) is 4.90 Å². The van der Waals surface area contributed by atoms with Gasteiger partial charge in [0, 0.05) is 16.8 Å². The topological polar surface area (TPSA) is 3.24 Å². The highest BCUT2D eigenvalue weighted by Gasteiger charge is 2.20. The summed E-state index contributed by atoms with van der Waals surface area (Å²) in [5.74, 6) is 0. The van der Waals surface area contributed by atoms with Crippen molar-refractivity contribution in [3.8, 4) is 11.1 Å². The molecule has 0 amide bonds. The van der Waals surface area contributed by atoms with E-state index in [2.05, 4.69) is 170 Å². The summed E-state index contributed by atoms with van der Waals surface area (Å²) < 4.78 is 0. The first kappa shape index (κ1) is 25.3. The lowest BCUT2D eigenvalue weighted by Crippen LogP contribution is -2.11. The van der Waals surface area contributed by atoms with Gasteiger partial charge < -0.3 is 4.90 Å². The fourth-order valence-corrected chi connectivity index (χ4v) is 6.91. The van der Waals surface area contributed by atoms with E-state index in [4.69, 9.17) is 0 Å². The molecule has 0 spiro atoms. The molecule has 204 valence electrons. The van der Waals surface area contributed by atoms with Gasteiger partial charge in [-0.1, -0.05) is 115 Å². The van der Waals surface area contributed by atoms with E-state index in [9.17, 15) is 0 Å². The van der Waals surface area contributed by atoms with Gasteiger partial charge in [0.15, 0.2) is 0 Å². The zero-order chi connectivity index (χ0) is 28.9. The van der Waals surface area contributed by atoms with Crippen LogP contribution in [0.1, 0.15) is 11.1 Å². The molecule has 8 rings (SSSR count). The maximum absolute atomic E-state index is 2.43. The summed E-state index contributed by atoms with van der Waals surface area (Å²) in [6, 6.07) is 55.6. The van der Waals surface area contributed by atoms with Crippen LogP contribution in [0.5, 0.6) is 0 Å². The van der Waals surface area contributed by atoms with Crippen LogP contribution in [0.15, 0.2) is 152 Å². The molecule has 43 heavy (non-hydrogen) atoms. The Balaban J connectivity index is 1.51. The number of para-hydroxylation sites is 1. The lowest BCUT2D eigenvalue weighted by Gasteiger charge is -2.28. The molecule has 0 aliphatic heterocycles. The van der Waals surface area contributed by atoms with E-state index in [-0.39, 0.29) is 0 Å². The maximum Gasteiger partial charge on any atom is 0.0546 e. The fraction of sp³-hybridized carbons (Fsp3) is 0.0476. The molecular weight excluding hydrogens is 518 g/mol. The van der Waals surface area contributed by atoms with Crippen LogP contribution in [-0.2, 0) is 0 Å². The standard InChI is InChI=1S/C42H31N/c1-28-23-29(2)25-33(24-28)43(32-15-4-3-5-16-32)41-27-31-26-40(35-22-12-14-30-13-6-7-17-34(30)35)36-18-8-10-20-38(36)42(31)39-21-11-9-19-37(39)41/h3-27H,1-2H3. The van der Waals surface area contributed by atoms with Gasteiger partial charge in [-0.2, -0.15) is 0 Å². The van der Waals surface area contributed by atoms with Crippen LogP contribution >= 0.6 is 0 Å². The Morgan fingerprint density at radius 2 is 0.953 bits per heavy atom. The molecule has 0 saturated carbocycles. The van der Waals surface area contributed by atoms with Gasteiger partial charge in [-0.05, 0) is 110 Å². The Morgan fingerprint density at radius 1 is 0.372 bits per heavy atom. The van der Waals surface area contributed by atoms with Crippen LogP contribution in [0.3, 0.4) is 0 Å². The second kappa shape index (κ2) is 10.2. The Hall–Kier alpha value is -5.40. The van der Waals surface area contributed by atoms with Crippen molar-refractivity contribution < 1.29 is 0 Å². The molecule has 0 atom stereocenters. The summed E-state index contributed by atoms with van der Waals surface area (Å²) in [7, 11) is 0. The second-order valence-corrected chi connectivity index (χ2v) is 11.6. The van der Waals surface area contributed by atoms with Crippen LogP contribution in [0.4, 0.5) is 17.1 Å². The molecule has 0 bridgehead atoms. The van der Waals surface area contributed by atoms with Crippen molar-refractivity contribution in [2.24, 2.45) is 0 Å². The van der Waals surface area contributed by atoms with Crippen molar-refractivity contribution in [1.29, 1.82) is 0 Å². The molecule has 0 aliphatic carbocycles. The SMILES string of the molecule is Cc1cc(C)cc(N(c2ccccc2)c2cc3cc(-c4cccc5ccccc45)c4ccccc4c3c3ccccc23)c1. The Labute approximate surface area is 252 Å². The summed E-state index contributed by atoms with van der Waals surface area (Å²) in [6.07, 6.45) is 0. The average molecular weight is 550 g/mol. The van der Waals surface area contributed by atoms with Crippen molar-refractivity contribution in [3.63, 3.8) is 0 Å². The summed E-state index contributed by atoms with van der Waals surface area (Å²) in [4.78, 5) is 2.43. The first-order valence-electron chi connectivity index (χ1n) is 14.9. The number of nitrogens with zero attached hydrogens (tertiary/aromatic N) is 1. The molecule has 0 radical (unpaired) electrons. The Bertz CT molecular complexity index is 2290. The van der Waals surface area contributed by atoms with Crippen molar-refractivity contribution in [2.45, 2.75) is 13.8 Å². The molecule has 0 aromatic heterocycles. The van der Waals surface area contributed by atoms with Gasteiger partial charge >= 0.3 is 0 Å². The van der Waals surface area contributed by atoms with Crippen LogP contribution in [-0.4, -0.2) is 0 Å². The van der Waals surface area contributed by atoms with Crippen LogP contribution < -0.4 is 4.90 Å². The number of benzene rings is 8. The molecule has 8 aromatic carbocycles. The van der Waals surface area contributed by atoms with E-state index < -0.39 is 0 Å². The average Bonchev–Trinajstić information content (AvgIpc) is 3.04.